The van der Waals surface area contributed by atoms with Crippen LogP contribution < -0.4 is 0 Å². The van der Waals surface area contributed by atoms with E-state index < -0.39 is 5.60 Å². The van der Waals surface area contributed by atoms with Crippen LogP contribution in [0.5, 0.6) is 0 Å². The predicted molar refractivity (Wildman–Crippen MR) is 84.0 cm³/mol. The Balaban J connectivity index is 1.90. The van der Waals surface area contributed by atoms with E-state index in [1.54, 1.807) is 12.4 Å². The summed E-state index contributed by atoms with van der Waals surface area (Å²) in [7, 11) is 0. The lowest BCUT2D eigenvalue weighted by Gasteiger charge is -2.28. The van der Waals surface area contributed by atoms with E-state index in [0.29, 0.717) is 0 Å². The van der Waals surface area contributed by atoms with Crippen molar-refractivity contribution in [3.05, 3.63) is 22.7 Å². The summed E-state index contributed by atoms with van der Waals surface area (Å²) in [5.41, 5.74) is 0.510. The quantitative estimate of drug-likeness (QED) is 0.831. The first-order valence-electron chi connectivity index (χ1n) is 7.31. The molecule has 0 bridgehead atoms. The Kier molecular flexibility index (Phi) is 5.19. The highest BCUT2D eigenvalue weighted by Gasteiger charge is 2.31. The molecule has 0 aliphatic carbocycles. The summed E-state index contributed by atoms with van der Waals surface area (Å²) in [6, 6.07) is 0.241. The number of nitrogens with zero attached hydrogens (tertiary/aromatic N) is 3. The molecule has 1 aliphatic rings. The van der Waals surface area contributed by atoms with Crippen molar-refractivity contribution in [3.63, 3.8) is 0 Å². The monoisotopic (exact) mass is 355 g/mol. The number of carbonyl (C=O) groups excluding carboxylic acids is 1. The van der Waals surface area contributed by atoms with Crippen molar-refractivity contribution in [2.24, 2.45) is 0 Å². The molecule has 0 unspecified atom stereocenters. The standard InChI is InChI=1S/C15H22BrN3O2/c1-15(2,3)21-14(20)19-8-4-5-12(19)7-6-11-9-18-13(16)10-17-11/h9-10,12H,4-8H2,1-3H3/t12-/m1/s1. The summed E-state index contributed by atoms with van der Waals surface area (Å²) < 4.78 is 6.21. The molecule has 116 valence electrons. The van der Waals surface area contributed by atoms with E-state index in [0.717, 1.165) is 42.5 Å². The summed E-state index contributed by atoms with van der Waals surface area (Å²) in [5.74, 6) is 0. The molecular formula is C15H22BrN3O2. The molecular weight excluding hydrogens is 334 g/mol. The molecule has 1 aromatic rings. The fourth-order valence-electron chi connectivity index (χ4n) is 2.48. The van der Waals surface area contributed by atoms with Gasteiger partial charge in [0.1, 0.15) is 10.2 Å². The molecule has 0 spiro atoms. The molecule has 2 rings (SSSR count). The van der Waals surface area contributed by atoms with E-state index in [9.17, 15) is 4.79 Å². The largest absolute Gasteiger partial charge is 0.444 e. The second-order valence-electron chi connectivity index (χ2n) is 6.34. The van der Waals surface area contributed by atoms with Gasteiger partial charge in [-0.05, 0) is 62.4 Å². The Morgan fingerprint density at radius 2 is 2.19 bits per heavy atom. The Labute approximate surface area is 134 Å². The molecule has 6 heteroatoms. The zero-order valence-electron chi connectivity index (χ0n) is 12.8. The number of aryl methyl sites for hydroxylation is 1. The number of halogens is 1. The van der Waals surface area contributed by atoms with Gasteiger partial charge in [0.25, 0.3) is 0 Å². The Bertz CT molecular complexity index is 485. The van der Waals surface area contributed by atoms with E-state index in [1.807, 2.05) is 25.7 Å². The maximum absolute atomic E-state index is 12.2. The minimum Gasteiger partial charge on any atom is -0.444 e. The van der Waals surface area contributed by atoms with Crippen LogP contribution in [0, 0.1) is 0 Å². The number of hydrogen-bond acceptors (Lipinski definition) is 4. The van der Waals surface area contributed by atoms with Crippen LogP contribution in [0.15, 0.2) is 17.0 Å². The van der Waals surface area contributed by atoms with E-state index in [1.165, 1.54) is 0 Å². The lowest BCUT2D eigenvalue weighted by Crippen LogP contribution is -2.40. The third-order valence-electron chi connectivity index (χ3n) is 3.41. The first-order chi connectivity index (χ1) is 9.85. The van der Waals surface area contributed by atoms with Gasteiger partial charge >= 0.3 is 6.09 Å². The SMILES string of the molecule is CC(C)(C)OC(=O)N1CCC[C@@H]1CCc1cnc(Br)cn1. The highest BCUT2D eigenvalue weighted by molar-refractivity contribution is 9.10. The van der Waals surface area contributed by atoms with Gasteiger partial charge in [0, 0.05) is 18.8 Å². The van der Waals surface area contributed by atoms with Gasteiger partial charge in [0.15, 0.2) is 0 Å². The average Bonchev–Trinajstić information content (AvgIpc) is 2.84. The van der Waals surface area contributed by atoms with Crippen molar-refractivity contribution < 1.29 is 9.53 Å². The van der Waals surface area contributed by atoms with Crippen LogP contribution >= 0.6 is 15.9 Å². The number of carbonyl (C=O) groups is 1. The number of rotatable bonds is 3. The molecule has 0 radical (unpaired) electrons. The van der Waals surface area contributed by atoms with Gasteiger partial charge < -0.3 is 9.64 Å². The van der Waals surface area contributed by atoms with Crippen LogP contribution in [0.25, 0.3) is 0 Å². The molecule has 1 aromatic heterocycles. The van der Waals surface area contributed by atoms with Crippen LogP contribution in [0.1, 0.15) is 45.7 Å². The van der Waals surface area contributed by atoms with Gasteiger partial charge in [0.2, 0.25) is 0 Å². The van der Waals surface area contributed by atoms with Crippen LogP contribution in [0.3, 0.4) is 0 Å². The summed E-state index contributed by atoms with van der Waals surface area (Å²) in [5, 5.41) is 0. The van der Waals surface area contributed by atoms with Crippen molar-refractivity contribution >= 4 is 22.0 Å². The van der Waals surface area contributed by atoms with Crippen molar-refractivity contribution in [1.29, 1.82) is 0 Å². The molecule has 1 saturated heterocycles. The first kappa shape index (κ1) is 16.2. The summed E-state index contributed by atoms with van der Waals surface area (Å²) >= 11 is 3.28. The predicted octanol–water partition coefficient (Wildman–Crippen LogP) is 3.57. The fourth-order valence-corrected chi connectivity index (χ4v) is 2.68. The van der Waals surface area contributed by atoms with E-state index in [-0.39, 0.29) is 12.1 Å². The summed E-state index contributed by atoms with van der Waals surface area (Å²) in [4.78, 5) is 22.6. The Hall–Kier alpha value is -1.17. The Morgan fingerprint density at radius 3 is 2.81 bits per heavy atom. The molecule has 5 nitrogen and oxygen atoms in total. The molecule has 1 fully saturated rings. The molecule has 1 atom stereocenters. The van der Waals surface area contributed by atoms with Crippen molar-refractivity contribution in [2.75, 3.05) is 6.54 Å². The molecule has 2 heterocycles. The lowest BCUT2D eigenvalue weighted by molar-refractivity contribution is 0.0220. The Morgan fingerprint density at radius 1 is 1.43 bits per heavy atom. The molecule has 21 heavy (non-hydrogen) atoms. The van der Waals surface area contributed by atoms with E-state index in [2.05, 4.69) is 25.9 Å². The summed E-state index contributed by atoms with van der Waals surface area (Å²) in [6.07, 6.45) is 7.07. The number of likely N-dealkylation sites (tertiary alicyclic amines) is 1. The van der Waals surface area contributed by atoms with E-state index in [4.69, 9.17) is 4.74 Å². The number of ether oxygens (including phenoxy) is 1. The summed E-state index contributed by atoms with van der Waals surface area (Å²) in [6.45, 7) is 6.47. The third kappa shape index (κ3) is 4.95. The van der Waals surface area contributed by atoms with E-state index >= 15 is 0 Å². The van der Waals surface area contributed by atoms with Gasteiger partial charge in [-0.1, -0.05) is 0 Å². The second kappa shape index (κ2) is 6.73. The normalized spacial score (nSPS) is 18.9. The van der Waals surface area contributed by atoms with Gasteiger partial charge in [-0.3, -0.25) is 4.98 Å². The highest BCUT2D eigenvalue weighted by Crippen LogP contribution is 2.24. The fraction of sp³-hybridized carbons (Fsp3) is 0.667. The number of hydrogen-bond donors (Lipinski definition) is 0. The van der Waals surface area contributed by atoms with Gasteiger partial charge in [-0.15, -0.1) is 0 Å². The zero-order valence-corrected chi connectivity index (χ0v) is 14.4. The maximum atomic E-state index is 12.2. The van der Waals surface area contributed by atoms with Crippen molar-refractivity contribution in [1.82, 2.24) is 14.9 Å². The topological polar surface area (TPSA) is 55.3 Å². The number of amides is 1. The molecule has 0 aromatic carbocycles. The molecule has 0 N–H and O–H groups in total. The third-order valence-corrected chi connectivity index (χ3v) is 3.82. The highest BCUT2D eigenvalue weighted by atomic mass is 79.9. The maximum Gasteiger partial charge on any atom is 0.410 e. The zero-order chi connectivity index (χ0) is 15.5. The first-order valence-corrected chi connectivity index (χ1v) is 8.10. The average molecular weight is 356 g/mol. The van der Waals surface area contributed by atoms with Crippen molar-refractivity contribution in [2.45, 2.75) is 58.1 Å². The van der Waals surface area contributed by atoms with Crippen molar-refractivity contribution in [3.8, 4) is 0 Å². The molecule has 0 saturated carbocycles. The van der Waals surface area contributed by atoms with Crippen LogP contribution in [0.4, 0.5) is 4.79 Å². The van der Waals surface area contributed by atoms with Crippen LogP contribution in [0.2, 0.25) is 0 Å². The van der Waals surface area contributed by atoms with Gasteiger partial charge in [0.05, 0.1) is 11.9 Å². The smallest absolute Gasteiger partial charge is 0.410 e. The van der Waals surface area contributed by atoms with Gasteiger partial charge in [-0.25, -0.2) is 9.78 Å². The number of aromatic nitrogens is 2. The van der Waals surface area contributed by atoms with Gasteiger partial charge in [-0.2, -0.15) is 0 Å². The van der Waals surface area contributed by atoms with Crippen LogP contribution in [-0.4, -0.2) is 39.1 Å². The minimum absolute atomic E-state index is 0.202. The van der Waals surface area contributed by atoms with Crippen LogP contribution in [-0.2, 0) is 11.2 Å². The minimum atomic E-state index is -0.443. The lowest BCUT2D eigenvalue weighted by atomic mass is 10.1. The molecule has 1 amide bonds. The molecule has 1 aliphatic heterocycles. The second-order valence-corrected chi connectivity index (χ2v) is 7.15.